The van der Waals surface area contributed by atoms with Crippen molar-refractivity contribution in [1.29, 1.82) is 0 Å². The van der Waals surface area contributed by atoms with E-state index in [-0.39, 0.29) is 54.1 Å². The van der Waals surface area contributed by atoms with Crippen molar-refractivity contribution in [2.45, 2.75) is 39.5 Å². The normalized spacial score (nSPS) is 11.1. The second-order valence-corrected chi connectivity index (χ2v) is 4.23. The van der Waals surface area contributed by atoms with Gasteiger partial charge in [-0.05, 0) is 12.8 Å². The van der Waals surface area contributed by atoms with Crippen LogP contribution in [-0.4, -0.2) is 13.2 Å². The van der Waals surface area contributed by atoms with E-state index < -0.39 is 7.82 Å². The van der Waals surface area contributed by atoms with Crippen LogP contribution in [0, 0.1) is 40.8 Å². The fourth-order valence-corrected chi connectivity index (χ4v) is 1.46. The minimum Gasteiger partial charge on any atom is -0.756 e. The molecule has 0 aromatic rings. The van der Waals surface area contributed by atoms with Crippen LogP contribution in [0.1, 0.15) is 39.5 Å². The summed E-state index contributed by atoms with van der Waals surface area (Å²) in [5.74, 6) is 0. The summed E-state index contributed by atoms with van der Waals surface area (Å²) in [4.78, 5) is 11.0. The Morgan fingerprint density at radius 1 is 1.07 bits per heavy atom. The summed E-state index contributed by atoms with van der Waals surface area (Å²) >= 11 is 0. The number of phosphoric acid groups is 1. The van der Waals surface area contributed by atoms with Crippen molar-refractivity contribution in [2.24, 2.45) is 0 Å². The molecular weight excluding hydrogens is 335 g/mol. The third kappa shape index (κ3) is 11.5. The van der Waals surface area contributed by atoms with Gasteiger partial charge in [0.05, 0.1) is 13.2 Å². The zero-order chi connectivity index (χ0) is 10.2. The maximum Gasteiger partial charge on any atom is 0.267 e. The molecular formula is C8H18NdO4P-. The summed E-state index contributed by atoms with van der Waals surface area (Å²) < 4.78 is 20.2. The molecule has 0 heterocycles. The SMILES string of the molecule is CCCCOP(=O)([O-])OCCCC.[Nd]. The van der Waals surface area contributed by atoms with Crippen LogP contribution >= 0.6 is 7.82 Å². The van der Waals surface area contributed by atoms with Crippen molar-refractivity contribution in [3.05, 3.63) is 0 Å². The zero-order valence-electron chi connectivity index (χ0n) is 8.82. The number of hydrogen-bond acceptors (Lipinski definition) is 4. The molecule has 0 atom stereocenters. The van der Waals surface area contributed by atoms with Gasteiger partial charge >= 0.3 is 0 Å². The molecule has 6 heteroatoms. The summed E-state index contributed by atoms with van der Waals surface area (Å²) in [7, 11) is -4.00. The van der Waals surface area contributed by atoms with Gasteiger partial charge in [0, 0.05) is 40.8 Å². The average molecular weight is 353 g/mol. The minimum atomic E-state index is -4.00. The largest absolute Gasteiger partial charge is 0.756 e. The van der Waals surface area contributed by atoms with Crippen molar-refractivity contribution >= 4 is 7.82 Å². The Bertz CT molecular complexity index is 151. The van der Waals surface area contributed by atoms with Crippen LogP contribution in [0.2, 0.25) is 0 Å². The van der Waals surface area contributed by atoms with Crippen LogP contribution in [0.15, 0.2) is 0 Å². The molecule has 0 aliphatic carbocycles. The first kappa shape index (κ1) is 17.8. The fraction of sp³-hybridized carbons (Fsp3) is 1.00. The Morgan fingerprint density at radius 2 is 1.43 bits per heavy atom. The summed E-state index contributed by atoms with van der Waals surface area (Å²) in [5, 5.41) is 0. The Labute approximate surface area is 119 Å². The molecule has 14 heavy (non-hydrogen) atoms. The van der Waals surface area contributed by atoms with Crippen LogP contribution < -0.4 is 4.89 Å². The van der Waals surface area contributed by atoms with Gasteiger partial charge in [0.2, 0.25) is 0 Å². The van der Waals surface area contributed by atoms with E-state index in [0.29, 0.717) is 0 Å². The first-order valence-electron chi connectivity index (χ1n) is 4.72. The van der Waals surface area contributed by atoms with Crippen molar-refractivity contribution < 1.29 is 59.3 Å². The van der Waals surface area contributed by atoms with E-state index in [2.05, 4.69) is 9.05 Å². The minimum absolute atomic E-state index is 0. The molecule has 0 fully saturated rings. The molecule has 0 spiro atoms. The smallest absolute Gasteiger partial charge is 0.267 e. The van der Waals surface area contributed by atoms with Crippen molar-refractivity contribution in [2.75, 3.05) is 13.2 Å². The molecule has 0 amide bonds. The second-order valence-electron chi connectivity index (χ2n) is 2.82. The van der Waals surface area contributed by atoms with Gasteiger partial charge in [0.25, 0.3) is 7.82 Å². The summed E-state index contributed by atoms with van der Waals surface area (Å²) in [5.41, 5.74) is 0. The first-order chi connectivity index (χ1) is 6.12. The number of unbranched alkanes of at least 4 members (excludes halogenated alkanes) is 2. The van der Waals surface area contributed by atoms with Crippen LogP contribution in [0.3, 0.4) is 0 Å². The van der Waals surface area contributed by atoms with E-state index in [9.17, 15) is 9.46 Å². The summed E-state index contributed by atoms with van der Waals surface area (Å²) in [6.07, 6.45) is 3.30. The van der Waals surface area contributed by atoms with Crippen molar-refractivity contribution in [3.63, 3.8) is 0 Å². The monoisotopic (exact) mass is 351 g/mol. The Morgan fingerprint density at radius 3 is 1.71 bits per heavy atom. The molecule has 0 saturated carbocycles. The fourth-order valence-electron chi connectivity index (χ4n) is 0.679. The van der Waals surface area contributed by atoms with Crippen LogP contribution in [-0.2, 0) is 13.6 Å². The average Bonchev–Trinajstić information content (AvgIpc) is 2.05. The second kappa shape index (κ2) is 11.0. The van der Waals surface area contributed by atoms with Crippen molar-refractivity contribution in [3.8, 4) is 0 Å². The molecule has 0 radical (unpaired) electrons. The van der Waals surface area contributed by atoms with Crippen molar-refractivity contribution in [1.82, 2.24) is 0 Å². The molecule has 0 aliphatic heterocycles. The molecule has 4 nitrogen and oxygen atoms in total. The Hall–Kier alpha value is 1.46. The molecule has 0 rings (SSSR count). The Balaban J connectivity index is 0. The van der Waals surface area contributed by atoms with Gasteiger partial charge in [-0.1, -0.05) is 26.7 Å². The molecule has 84 valence electrons. The molecule has 0 N–H and O–H groups in total. The van der Waals surface area contributed by atoms with E-state index in [1.54, 1.807) is 0 Å². The van der Waals surface area contributed by atoms with E-state index in [4.69, 9.17) is 0 Å². The van der Waals surface area contributed by atoms with Crippen LogP contribution in [0.25, 0.3) is 0 Å². The third-order valence-corrected chi connectivity index (χ3v) is 2.49. The van der Waals surface area contributed by atoms with Gasteiger partial charge in [-0.15, -0.1) is 0 Å². The first-order valence-corrected chi connectivity index (χ1v) is 6.18. The molecule has 0 aliphatic rings. The molecule has 0 unspecified atom stereocenters. The standard InChI is InChI=1S/C8H19O4P.Nd/c1-3-5-7-11-13(9,10)12-8-6-4-2;/h3-8H2,1-2H3,(H,9,10);/p-1. The maximum atomic E-state index is 11.0. The third-order valence-electron chi connectivity index (χ3n) is 1.49. The molecule has 0 aromatic heterocycles. The molecule has 0 aromatic carbocycles. The topological polar surface area (TPSA) is 58.6 Å². The number of hydrogen-bond donors (Lipinski definition) is 0. The van der Waals surface area contributed by atoms with Gasteiger partial charge in [-0.25, -0.2) is 0 Å². The zero-order valence-corrected chi connectivity index (χ0v) is 12.9. The quantitative estimate of drug-likeness (QED) is 0.495. The van der Waals surface area contributed by atoms with E-state index in [1.807, 2.05) is 13.8 Å². The van der Waals surface area contributed by atoms with Crippen LogP contribution in [0.4, 0.5) is 0 Å². The van der Waals surface area contributed by atoms with Gasteiger partial charge in [0.15, 0.2) is 0 Å². The van der Waals surface area contributed by atoms with Crippen LogP contribution in [0.5, 0.6) is 0 Å². The molecule has 0 bridgehead atoms. The van der Waals surface area contributed by atoms with E-state index >= 15 is 0 Å². The predicted molar refractivity (Wildman–Crippen MR) is 49.3 cm³/mol. The van der Waals surface area contributed by atoms with Gasteiger partial charge in [-0.3, -0.25) is 4.57 Å². The van der Waals surface area contributed by atoms with Gasteiger partial charge in [-0.2, -0.15) is 0 Å². The van der Waals surface area contributed by atoms with Gasteiger partial charge < -0.3 is 13.9 Å². The summed E-state index contributed by atoms with van der Waals surface area (Å²) in [6, 6.07) is 0. The summed E-state index contributed by atoms with van der Waals surface area (Å²) in [6.45, 7) is 4.39. The Kier molecular flexibility index (Phi) is 14.0. The van der Waals surface area contributed by atoms with E-state index in [1.165, 1.54) is 0 Å². The number of phosphoric ester groups is 1. The number of rotatable bonds is 8. The molecule has 0 saturated heterocycles. The van der Waals surface area contributed by atoms with E-state index in [0.717, 1.165) is 25.7 Å². The predicted octanol–water partition coefficient (Wildman–Crippen LogP) is 2.09. The van der Waals surface area contributed by atoms with Gasteiger partial charge in [0.1, 0.15) is 0 Å². The maximum absolute atomic E-state index is 11.0.